The Labute approximate surface area is 194 Å². The van der Waals surface area contributed by atoms with Crippen molar-refractivity contribution in [2.45, 2.75) is 45.6 Å². The minimum absolute atomic E-state index is 0.00273. The largest absolute Gasteiger partial charge is 0.573 e. The highest BCUT2D eigenvalue weighted by Crippen LogP contribution is 2.46. The number of carboxylic acid groups (broad SMARTS) is 1. The normalized spacial score (nSPS) is 17.8. The summed E-state index contributed by atoms with van der Waals surface area (Å²) >= 11 is 5.94. The van der Waals surface area contributed by atoms with Crippen LogP contribution in [0.1, 0.15) is 32.8 Å². The summed E-state index contributed by atoms with van der Waals surface area (Å²) in [7, 11) is 0. The fourth-order valence-corrected chi connectivity index (χ4v) is 3.69. The molecule has 3 rings (SSSR count). The van der Waals surface area contributed by atoms with E-state index in [9.17, 15) is 23.1 Å². The smallest absolute Gasteiger partial charge is 0.493 e. The molecule has 0 aromatic heterocycles. The zero-order valence-corrected chi connectivity index (χ0v) is 19.0. The Bertz CT molecular complexity index is 1020. The van der Waals surface area contributed by atoms with Crippen LogP contribution in [0.4, 0.5) is 13.2 Å². The molecule has 0 aliphatic carbocycles. The first kappa shape index (κ1) is 24.8. The molecule has 0 radical (unpaired) electrons. The van der Waals surface area contributed by atoms with E-state index in [1.165, 1.54) is 6.07 Å². The number of fused-ring (bicyclic) bond motifs is 1. The third-order valence-corrected chi connectivity index (χ3v) is 5.56. The van der Waals surface area contributed by atoms with E-state index in [0.717, 1.165) is 17.7 Å². The van der Waals surface area contributed by atoms with Crippen molar-refractivity contribution in [1.82, 2.24) is 0 Å². The Kier molecular flexibility index (Phi) is 6.93. The van der Waals surface area contributed by atoms with E-state index in [-0.39, 0.29) is 23.8 Å². The maximum absolute atomic E-state index is 12.3. The second-order valence-corrected chi connectivity index (χ2v) is 9.03. The summed E-state index contributed by atoms with van der Waals surface area (Å²) in [5, 5.41) is 9.78. The van der Waals surface area contributed by atoms with Crippen LogP contribution >= 0.6 is 11.6 Å². The first-order chi connectivity index (χ1) is 15.3. The third kappa shape index (κ3) is 5.76. The molecule has 0 spiro atoms. The molecule has 1 aliphatic heterocycles. The predicted molar refractivity (Wildman–Crippen MR) is 114 cm³/mol. The van der Waals surface area contributed by atoms with Crippen molar-refractivity contribution >= 4 is 17.6 Å². The number of ether oxygens (including phenoxy) is 4. The van der Waals surface area contributed by atoms with Crippen LogP contribution in [-0.2, 0) is 11.2 Å². The van der Waals surface area contributed by atoms with Crippen LogP contribution in [0.25, 0.3) is 0 Å². The average Bonchev–Trinajstić information content (AvgIpc) is 3.08. The first-order valence-corrected chi connectivity index (χ1v) is 10.5. The summed E-state index contributed by atoms with van der Waals surface area (Å²) in [4.78, 5) is 12.0. The minimum Gasteiger partial charge on any atom is -0.493 e. The van der Waals surface area contributed by atoms with Gasteiger partial charge < -0.3 is 24.1 Å². The van der Waals surface area contributed by atoms with Crippen molar-refractivity contribution in [2.24, 2.45) is 5.41 Å². The van der Waals surface area contributed by atoms with Crippen LogP contribution < -0.4 is 18.9 Å². The number of carboxylic acids is 1. The molecule has 10 heteroatoms. The molecule has 0 saturated carbocycles. The molecule has 0 saturated heterocycles. The van der Waals surface area contributed by atoms with Crippen molar-refractivity contribution in [3.63, 3.8) is 0 Å². The second kappa shape index (κ2) is 9.21. The first-order valence-electron chi connectivity index (χ1n) is 10.2. The number of carbonyl (C=O) groups is 1. The van der Waals surface area contributed by atoms with Crippen molar-refractivity contribution < 1.29 is 42.0 Å². The van der Waals surface area contributed by atoms with Gasteiger partial charge in [-0.1, -0.05) is 32.4 Å². The number of benzene rings is 2. The summed E-state index contributed by atoms with van der Waals surface area (Å²) in [5.74, 6) is -0.118. The summed E-state index contributed by atoms with van der Waals surface area (Å²) < 4.78 is 57.6. The number of hydrogen-bond acceptors (Lipinski definition) is 5. The fourth-order valence-electron chi connectivity index (χ4n) is 3.46. The molecule has 0 unspecified atom stereocenters. The van der Waals surface area contributed by atoms with Gasteiger partial charge in [0.1, 0.15) is 23.0 Å². The lowest BCUT2D eigenvalue weighted by molar-refractivity contribution is -0.274. The molecule has 6 nitrogen and oxygen atoms in total. The topological polar surface area (TPSA) is 74.2 Å². The highest BCUT2D eigenvalue weighted by molar-refractivity contribution is 6.32. The molecule has 33 heavy (non-hydrogen) atoms. The maximum atomic E-state index is 12.3. The number of alkyl halides is 3. The van der Waals surface area contributed by atoms with Crippen LogP contribution in [0, 0.1) is 5.41 Å². The number of aliphatic carboxylic acids is 1. The van der Waals surface area contributed by atoms with E-state index in [4.69, 9.17) is 25.8 Å². The summed E-state index contributed by atoms with van der Waals surface area (Å²) in [5.41, 5.74) is -1.20. The van der Waals surface area contributed by atoms with Crippen LogP contribution in [0.2, 0.25) is 5.02 Å². The van der Waals surface area contributed by atoms with Gasteiger partial charge in [0.15, 0.2) is 0 Å². The van der Waals surface area contributed by atoms with Gasteiger partial charge >= 0.3 is 12.3 Å². The Hall–Kier alpha value is -2.81. The molecule has 1 heterocycles. The van der Waals surface area contributed by atoms with E-state index in [2.05, 4.69) is 4.74 Å². The van der Waals surface area contributed by atoms with Gasteiger partial charge in [-0.25, -0.2) is 4.79 Å². The Morgan fingerprint density at radius 1 is 1.09 bits per heavy atom. The number of halogens is 4. The zero-order chi connectivity index (χ0) is 24.4. The van der Waals surface area contributed by atoms with Crippen LogP contribution in [-0.4, -0.2) is 36.3 Å². The van der Waals surface area contributed by atoms with E-state index in [1.54, 1.807) is 18.2 Å². The summed E-state index contributed by atoms with van der Waals surface area (Å²) in [6.45, 7) is 6.00. The predicted octanol–water partition coefficient (Wildman–Crippen LogP) is 5.89. The zero-order valence-electron chi connectivity index (χ0n) is 18.3. The van der Waals surface area contributed by atoms with Gasteiger partial charge in [0.05, 0.1) is 18.2 Å². The lowest BCUT2D eigenvalue weighted by atomic mass is 9.74. The average molecular weight is 489 g/mol. The van der Waals surface area contributed by atoms with E-state index < -0.39 is 29.1 Å². The van der Waals surface area contributed by atoms with Crippen molar-refractivity contribution in [1.29, 1.82) is 0 Å². The van der Waals surface area contributed by atoms with Crippen molar-refractivity contribution in [2.75, 3.05) is 13.2 Å². The number of rotatable bonds is 8. The van der Waals surface area contributed by atoms with Gasteiger partial charge in [0.2, 0.25) is 5.60 Å². The van der Waals surface area contributed by atoms with Crippen LogP contribution in [0.5, 0.6) is 23.0 Å². The fraction of sp³-hybridized carbons (Fsp3) is 0.435. The highest BCUT2D eigenvalue weighted by Gasteiger charge is 2.55. The van der Waals surface area contributed by atoms with Gasteiger partial charge in [-0.2, -0.15) is 0 Å². The third-order valence-electron chi connectivity index (χ3n) is 5.26. The molecule has 1 aliphatic rings. The van der Waals surface area contributed by atoms with Crippen LogP contribution in [0.3, 0.4) is 0 Å². The van der Waals surface area contributed by atoms with E-state index >= 15 is 0 Å². The molecule has 0 amide bonds. The molecule has 0 fully saturated rings. The molecule has 2 aromatic rings. The summed E-state index contributed by atoms with van der Waals surface area (Å²) in [6, 6.07) is 8.62. The molecule has 1 N–H and O–H groups in total. The highest BCUT2D eigenvalue weighted by atomic mass is 35.5. The Morgan fingerprint density at radius 3 is 2.36 bits per heavy atom. The lowest BCUT2D eigenvalue weighted by Crippen LogP contribution is -2.54. The lowest BCUT2D eigenvalue weighted by Gasteiger charge is -2.36. The Morgan fingerprint density at radius 2 is 1.76 bits per heavy atom. The van der Waals surface area contributed by atoms with E-state index in [1.807, 2.05) is 20.8 Å². The van der Waals surface area contributed by atoms with Gasteiger partial charge in [0, 0.05) is 29.9 Å². The molecular formula is C23H24ClF3O6. The summed E-state index contributed by atoms with van der Waals surface area (Å²) in [6.07, 6.45) is -4.09. The molecule has 2 aromatic carbocycles. The van der Waals surface area contributed by atoms with Gasteiger partial charge in [-0.3, -0.25) is 0 Å². The van der Waals surface area contributed by atoms with E-state index in [0.29, 0.717) is 24.5 Å². The molecule has 180 valence electrons. The minimum atomic E-state index is -4.80. The number of hydrogen-bond donors (Lipinski definition) is 1. The van der Waals surface area contributed by atoms with Crippen molar-refractivity contribution in [3.8, 4) is 23.0 Å². The van der Waals surface area contributed by atoms with Gasteiger partial charge in [-0.15, -0.1) is 13.2 Å². The van der Waals surface area contributed by atoms with Crippen LogP contribution in [0.15, 0.2) is 36.4 Å². The molecular weight excluding hydrogens is 465 g/mol. The quantitative estimate of drug-likeness (QED) is 0.467. The van der Waals surface area contributed by atoms with Gasteiger partial charge in [-0.05, 0) is 30.3 Å². The molecule has 1 atom stereocenters. The van der Waals surface area contributed by atoms with Crippen molar-refractivity contribution in [3.05, 3.63) is 47.0 Å². The monoisotopic (exact) mass is 488 g/mol. The standard InChI is InChI=1S/C23H24ClF3O6/c1-21(2,3)22(20(28)29)13-14-11-15(5-7-18(14)33-22)30-9-4-10-31-19-8-6-16(12-17(19)24)32-23(25,26)27/h5-8,11-12H,4,9-10,13H2,1-3H3,(H,28,29)/t22-/m0/s1. The van der Waals surface area contributed by atoms with Gasteiger partial charge in [0.25, 0.3) is 0 Å². The molecule has 0 bridgehead atoms. The maximum Gasteiger partial charge on any atom is 0.573 e. The SMILES string of the molecule is CC(C)(C)[C@@]1(C(=O)O)Cc2cc(OCCCOc3ccc(OC(F)(F)F)cc3Cl)ccc2O1. The second-order valence-electron chi connectivity index (χ2n) is 8.62. The Balaban J connectivity index is 1.50.